The van der Waals surface area contributed by atoms with Crippen molar-refractivity contribution in [1.29, 1.82) is 0 Å². The number of halogens is 1. The Hall–Kier alpha value is -1.13. The van der Waals surface area contributed by atoms with Crippen LogP contribution in [0, 0.1) is 0 Å². The van der Waals surface area contributed by atoms with Crippen LogP contribution in [0.3, 0.4) is 0 Å². The van der Waals surface area contributed by atoms with Gasteiger partial charge < -0.3 is 5.32 Å². The lowest BCUT2D eigenvalue weighted by Gasteiger charge is -2.14. The number of nitrogens with one attached hydrogen (secondary N) is 1. The van der Waals surface area contributed by atoms with Crippen LogP contribution in [0.15, 0.2) is 41.0 Å². The first kappa shape index (κ1) is 16.2. The molecule has 0 saturated carbocycles. The van der Waals surface area contributed by atoms with E-state index in [0.29, 0.717) is 12.1 Å². The normalized spacial score (nSPS) is 12.8. The van der Waals surface area contributed by atoms with Crippen LogP contribution < -0.4 is 5.32 Å². The zero-order valence-electron chi connectivity index (χ0n) is 13.0. The van der Waals surface area contributed by atoms with Gasteiger partial charge in [0.1, 0.15) is 0 Å². The van der Waals surface area contributed by atoms with Gasteiger partial charge in [-0.25, -0.2) is 0 Å². The van der Waals surface area contributed by atoms with Crippen molar-refractivity contribution >= 4 is 15.9 Å². The van der Waals surface area contributed by atoms with Gasteiger partial charge in [-0.3, -0.25) is 4.68 Å². The van der Waals surface area contributed by atoms with Gasteiger partial charge in [0.25, 0.3) is 0 Å². The van der Waals surface area contributed by atoms with Crippen molar-refractivity contribution in [3.8, 4) is 0 Å². The van der Waals surface area contributed by atoms with Gasteiger partial charge in [-0.1, -0.05) is 41.9 Å². The van der Waals surface area contributed by atoms with Gasteiger partial charge in [-0.15, -0.1) is 0 Å². The largest absolute Gasteiger partial charge is 0.304 e. The van der Waals surface area contributed by atoms with Crippen LogP contribution in [-0.2, 0) is 6.54 Å². The number of hydrogen-bond acceptors (Lipinski definition) is 2. The van der Waals surface area contributed by atoms with Gasteiger partial charge in [0.2, 0.25) is 0 Å². The molecule has 0 spiro atoms. The third-order valence-corrected chi connectivity index (χ3v) is 4.47. The Kier molecular flexibility index (Phi) is 6.00. The summed E-state index contributed by atoms with van der Waals surface area (Å²) in [6, 6.07) is 11.4. The molecule has 0 aliphatic carbocycles. The van der Waals surface area contributed by atoms with Crippen LogP contribution in [-0.4, -0.2) is 9.78 Å². The minimum Gasteiger partial charge on any atom is -0.304 e. The van der Waals surface area contributed by atoms with Crippen LogP contribution in [0.1, 0.15) is 57.0 Å². The van der Waals surface area contributed by atoms with E-state index in [-0.39, 0.29) is 0 Å². The lowest BCUT2D eigenvalue weighted by atomic mass is 10.1. The Balaban J connectivity index is 1.92. The van der Waals surface area contributed by atoms with Crippen molar-refractivity contribution in [3.63, 3.8) is 0 Å². The van der Waals surface area contributed by atoms with Gasteiger partial charge in [0, 0.05) is 23.3 Å². The summed E-state index contributed by atoms with van der Waals surface area (Å²) >= 11 is 3.47. The van der Waals surface area contributed by atoms with Gasteiger partial charge in [-0.2, -0.15) is 5.10 Å². The molecule has 3 nitrogen and oxygen atoms in total. The fourth-order valence-corrected chi connectivity index (χ4v) is 2.73. The molecule has 2 rings (SSSR count). The Morgan fingerprint density at radius 1 is 1.14 bits per heavy atom. The first-order chi connectivity index (χ1) is 10.1. The second-order valence-corrected chi connectivity index (χ2v) is 6.33. The third kappa shape index (κ3) is 4.42. The first-order valence-corrected chi connectivity index (χ1v) is 8.46. The number of hydrogen-bond donors (Lipinski definition) is 1. The summed E-state index contributed by atoms with van der Waals surface area (Å²) in [5.41, 5.74) is 2.39. The van der Waals surface area contributed by atoms with Crippen LogP contribution in [0.4, 0.5) is 0 Å². The van der Waals surface area contributed by atoms with E-state index in [9.17, 15) is 0 Å². The molecule has 1 unspecified atom stereocenters. The minimum absolute atomic E-state index is 0.316. The summed E-state index contributed by atoms with van der Waals surface area (Å²) in [5, 5.41) is 8.21. The molecule has 21 heavy (non-hydrogen) atoms. The molecule has 1 aromatic heterocycles. The highest BCUT2D eigenvalue weighted by Crippen LogP contribution is 2.17. The van der Waals surface area contributed by atoms with Crippen molar-refractivity contribution in [3.05, 3.63) is 52.3 Å². The van der Waals surface area contributed by atoms with Gasteiger partial charge >= 0.3 is 0 Å². The van der Waals surface area contributed by atoms with E-state index >= 15 is 0 Å². The van der Waals surface area contributed by atoms with Crippen LogP contribution in [0.25, 0.3) is 0 Å². The maximum absolute atomic E-state index is 4.68. The smallest absolute Gasteiger partial charge is 0.0762 e. The van der Waals surface area contributed by atoms with E-state index in [1.165, 1.54) is 5.56 Å². The number of nitrogens with zero attached hydrogens (tertiary/aromatic N) is 2. The predicted molar refractivity (Wildman–Crippen MR) is 91.2 cm³/mol. The summed E-state index contributed by atoms with van der Waals surface area (Å²) in [6.07, 6.45) is 4.35. The minimum atomic E-state index is 0.316. The quantitative estimate of drug-likeness (QED) is 0.773. The fourth-order valence-electron chi connectivity index (χ4n) is 2.46. The standard InChI is InChI=1S/C17H24BrN3/c1-4-17(5-2)21-11-10-16(20-21)12-19-13(3)14-6-8-15(18)9-7-14/h6-11,13,17,19H,4-5,12H2,1-3H3. The van der Waals surface area contributed by atoms with E-state index < -0.39 is 0 Å². The first-order valence-electron chi connectivity index (χ1n) is 7.66. The highest BCUT2D eigenvalue weighted by molar-refractivity contribution is 9.10. The molecule has 0 aliphatic heterocycles. The highest BCUT2D eigenvalue weighted by atomic mass is 79.9. The summed E-state index contributed by atoms with van der Waals surface area (Å²) in [6.45, 7) is 7.40. The Bertz CT molecular complexity index is 543. The zero-order valence-corrected chi connectivity index (χ0v) is 14.6. The van der Waals surface area contributed by atoms with Crippen molar-refractivity contribution in [1.82, 2.24) is 15.1 Å². The van der Waals surface area contributed by atoms with E-state index in [4.69, 9.17) is 0 Å². The molecule has 0 saturated heterocycles. The molecule has 1 atom stereocenters. The lowest BCUT2D eigenvalue weighted by Crippen LogP contribution is -2.18. The van der Waals surface area contributed by atoms with Crippen molar-refractivity contribution in [2.24, 2.45) is 0 Å². The Morgan fingerprint density at radius 2 is 1.81 bits per heavy atom. The SMILES string of the molecule is CCC(CC)n1ccc(CNC(C)c2ccc(Br)cc2)n1. The monoisotopic (exact) mass is 349 g/mol. The topological polar surface area (TPSA) is 29.9 Å². The highest BCUT2D eigenvalue weighted by Gasteiger charge is 2.09. The molecule has 2 aromatic rings. The summed E-state index contributed by atoms with van der Waals surface area (Å²) in [4.78, 5) is 0. The fraction of sp³-hybridized carbons (Fsp3) is 0.471. The molecule has 0 amide bonds. The number of aromatic nitrogens is 2. The molecule has 114 valence electrons. The maximum atomic E-state index is 4.68. The van der Waals surface area contributed by atoms with Crippen molar-refractivity contribution in [2.45, 2.75) is 52.2 Å². The van der Waals surface area contributed by atoms with Crippen molar-refractivity contribution < 1.29 is 0 Å². The molecule has 0 bridgehead atoms. The third-order valence-electron chi connectivity index (χ3n) is 3.94. The predicted octanol–water partition coefficient (Wildman–Crippen LogP) is 4.86. The van der Waals surface area contributed by atoms with Crippen LogP contribution in [0.2, 0.25) is 0 Å². The molecule has 4 heteroatoms. The lowest BCUT2D eigenvalue weighted by molar-refractivity contribution is 0.423. The summed E-state index contributed by atoms with van der Waals surface area (Å²) in [5.74, 6) is 0. The zero-order chi connectivity index (χ0) is 15.2. The number of rotatable bonds is 7. The van der Waals surface area contributed by atoms with E-state index in [0.717, 1.165) is 29.6 Å². The van der Waals surface area contributed by atoms with Gasteiger partial charge in [-0.05, 0) is 43.5 Å². The molecular formula is C17H24BrN3. The molecule has 0 fully saturated rings. The average Bonchev–Trinajstić information content (AvgIpc) is 2.96. The van der Waals surface area contributed by atoms with E-state index in [1.807, 2.05) is 0 Å². The molecule has 1 heterocycles. The van der Waals surface area contributed by atoms with Crippen LogP contribution >= 0.6 is 15.9 Å². The second-order valence-electron chi connectivity index (χ2n) is 5.41. The average molecular weight is 350 g/mol. The Labute approximate surface area is 135 Å². The maximum Gasteiger partial charge on any atom is 0.0762 e. The second kappa shape index (κ2) is 7.76. The van der Waals surface area contributed by atoms with E-state index in [2.05, 4.69) is 88.3 Å². The molecule has 0 aliphatic rings. The van der Waals surface area contributed by atoms with Crippen molar-refractivity contribution in [2.75, 3.05) is 0 Å². The molecule has 1 aromatic carbocycles. The van der Waals surface area contributed by atoms with Gasteiger partial charge in [0.15, 0.2) is 0 Å². The molecular weight excluding hydrogens is 326 g/mol. The van der Waals surface area contributed by atoms with Crippen LogP contribution in [0.5, 0.6) is 0 Å². The summed E-state index contributed by atoms with van der Waals surface area (Å²) < 4.78 is 3.21. The van der Waals surface area contributed by atoms with E-state index in [1.54, 1.807) is 0 Å². The number of benzene rings is 1. The molecule has 0 radical (unpaired) electrons. The Morgan fingerprint density at radius 3 is 2.43 bits per heavy atom. The molecule has 1 N–H and O–H groups in total. The summed E-state index contributed by atoms with van der Waals surface area (Å²) in [7, 11) is 0. The van der Waals surface area contributed by atoms with Gasteiger partial charge in [0.05, 0.1) is 11.7 Å².